The number of aromatic nitrogens is 2. The fourth-order valence-corrected chi connectivity index (χ4v) is 2.07. The lowest BCUT2D eigenvalue weighted by atomic mass is 10.1. The van der Waals surface area contributed by atoms with Gasteiger partial charge in [0.15, 0.2) is 0 Å². The number of aliphatic hydroxyl groups is 1. The molecule has 2 aromatic rings. The summed E-state index contributed by atoms with van der Waals surface area (Å²) in [5, 5.41) is 12.9. The van der Waals surface area contributed by atoms with E-state index in [1.807, 2.05) is 6.92 Å². The highest BCUT2D eigenvalue weighted by Gasteiger charge is 2.24. The van der Waals surface area contributed by atoms with Gasteiger partial charge in [-0.1, -0.05) is 6.92 Å². The Bertz CT molecular complexity index is 634. The van der Waals surface area contributed by atoms with Gasteiger partial charge in [-0.05, 0) is 20.3 Å². The molecular formula is C14H19N3O4. The summed E-state index contributed by atoms with van der Waals surface area (Å²) in [5.41, 5.74) is 0.642. The van der Waals surface area contributed by atoms with Crippen LogP contribution in [0.2, 0.25) is 0 Å². The maximum Gasteiger partial charge on any atom is 0.342 e. The minimum absolute atomic E-state index is 0.0342. The third-order valence-electron chi connectivity index (χ3n) is 3.20. The van der Waals surface area contributed by atoms with Crippen molar-refractivity contribution in [2.75, 3.05) is 18.5 Å². The molecule has 2 heterocycles. The number of carbonyl (C=O) groups is 1. The molecule has 0 aliphatic rings. The maximum absolute atomic E-state index is 12.1. The molecule has 7 heteroatoms. The Morgan fingerprint density at radius 1 is 1.48 bits per heavy atom. The number of rotatable bonds is 6. The zero-order valence-corrected chi connectivity index (χ0v) is 12.3. The van der Waals surface area contributed by atoms with Crippen LogP contribution in [0.4, 0.5) is 5.82 Å². The molecule has 0 aliphatic carbocycles. The van der Waals surface area contributed by atoms with Gasteiger partial charge in [-0.15, -0.1) is 0 Å². The van der Waals surface area contributed by atoms with Crippen molar-refractivity contribution < 1.29 is 19.1 Å². The van der Waals surface area contributed by atoms with Gasteiger partial charge in [0, 0.05) is 0 Å². The van der Waals surface area contributed by atoms with Gasteiger partial charge in [-0.2, -0.15) is 0 Å². The second kappa shape index (κ2) is 6.53. The third kappa shape index (κ3) is 2.97. The first-order valence-corrected chi connectivity index (χ1v) is 6.90. The molecule has 1 atom stereocenters. The molecule has 114 valence electrons. The smallest absolute Gasteiger partial charge is 0.342 e. The van der Waals surface area contributed by atoms with Crippen LogP contribution in [0.5, 0.6) is 0 Å². The molecule has 0 saturated heterocycles. The first-order chi connectivity index (χ1) is 10.1. The maximum atomic E-state index is 12.1. The van der Waals surface area contributed by atoms with Crippen LogP contribution in [-0.4, -0.2) is 40.3 Å². The minimum atomic E-state index is -0.469. The second-order valence-electron chi connectivity index (χ2n) is 4.59. The Morgan fingerprint density at radius 2 is 2.24 bits per heavy atom. The number of ether oxygens (including phenoxy) is 1. The molecule has 0 aliphatic heterocycles. The molecule has 0 amide bonds. The van der Waals surface area contributed by atoms with E-state index in [2.05, 4.69) is 15.3 Å². The number of carbonyl (C=O) groups excluding carboxylic acids is 1. The van der Waals surface area contributed by atoms with Crippen LogP contribution in [0.25, 0.3) is 11.1 Å². The van der Waals surface area contributed by atoms with Gasteiger partial charge < -0.3 is 19.6 Å². The molecule has 1 unspecified atom stereocenters. The normalized spacial score (nSPS) is 12.4. The van der Waals surface area contributed by atoms with Crippen molar-refractivity contribution in [1.82, 2.24) is 9.97 Å². The zero-order valence-electron chi connectivity index (χ0n) is 12.3. The van der Waals surface area contributed by atoms with Crippen molar-refractivity contribution in [3.8, 4) is 0 Å². The number of hydrogen-bond donors (Lipinski definition) is 2. The quantitative estimate of drug-likeness (QED) is 0.785. The first-order valence-electron chi connectivity index (χ1n) is 6.90. The van der Waals surface area contributed by atoms with E-state index in [-0.39, 0.29) is 19.3 Å². The Labute approximate surface area is 122 Å². The summed E-state index contributed by atoms with van der Waals surface area (Å²) in [6, 6.07) is -0.159. The van der Waals surface area contributed by atoms with Crippen molar-refractivity contribution in [2.24, 2.45) is 0 Å². The van der Waals surface area contributed by atoms with E-state index in [9.17, 15) is 9.90 Å². The summed E-state index contributed by atoms with van der Waals surface area (Å²) < 4.78 is 10.6. The molecule has 2 N–H and O–H groups in total. The van der Waals surface area contributed by atoms with Crippen LogP contribution in [0.15, 0.2) is 10.7 Å². The lowest BCUT2D eigenvalue weighted by Gasteiger charge is -2.15. The highest BCUT2D eigenvalue weighted by Crippen LogP contribution is 2.30. The summed E-state index contributed by atoms with van der Waals surface area (Å²) in [7, 11) is 0. The van der Waals surface area contributed by atoms with Gasteiger partial charge >= 0.3 is 5.97 Å². The van der Waals surface area contributed by atoms with Crippen LogP contribution in [0.1, 0.15) is 36.4 Å². The SMILES string of the molecule is CCOC(=O)c1c(C)oc2ncnc(NC(CC)CO)c12. The fraction of sp³-hybridized carbons (Fsp3) is 0.500. The number of aliphatic hydroxyl groups excluding tert-OH is 1. The van der Waals surface area contributed by atoms with Crippen LogP contribution in [0.3, 0.4) is 0 Å². The number of nitrogens with zero attached hydrogens (tertiary/aromatic N) is 2. The topological polar surface area (TPSA) is 97.5 Å². The molecule has 0 radical (unpaired) electrons. The monoisotopic (exact) mass is 293 g/mol. The van der Waals surface area contributed by atoms with Crippen molar-refractivity contribution >= 4 is 22.9 Å². The van der Waals surface area contributed by atoms with E-state index < -0.39 is 5.97 Å². The highest BCUT2D eigenvalue weighted by atomic mass is 16.5. The van der Waals surface area contributed by atoms with Crippen LogP contribution in [-0.2, 0) is 4.74 Å². The summed E-state index contributed by atoms with van der Waals surface area (Å²) in [5.74, 6) is 0.425. The summed E-state index contributed by atoms with van der Waals surface area (Å²) >= 11 is 0. The van der Waals surface area contributed by atoms with Crippen molar-refractivity contribution in [3.05, 3.63) is 17.7 Å². The predicted octanol–water partition coefficient (Wildman–Crippen LogP) is 1.89. The molecule has 0 saturated carbocycles. The molecule has 21 heavy (non-hydrogen) atoms. The number of fused-ring (bicyclic) bond motifs is 1. The summed E-state index contributed by atoms with van der Waals surface area (Å²) in [4.78, 5) is 20.3. The minimum Gasteiger partial charge on any atom is -0.462 e. The van der Waals surface area contributed by atoms with Gasteiger partial charge in [0.1, 0.15) is 23.5 Å². The molecule has 2 aromatic heterocycles. The highest BCUT2D eigenvalue weighted by molar-refractivity contribution is 6.07. The van der Waals surface area contributed by atoms with Crippen molar-refractivity contribution in [1.29, 1.82) is 0 Å². The van der Waals surface area contributed by atoms with E-state index >= 15 is 0 Å². The number of aryl methyl sites for hydroxylation is 1. The van der Waals surface area contributed by atoms with Gasteiger partial charge in [-0.3, -0.25) is 0 Å². The van der Waals surface area contributed by atoms with E-state index in [4.69, 9.17) is 9.15 Å². The number of anilines is 1. The molecule has 7 nitrogen and oxygen atoms in total. The molecule has 2 rings (SSSR count). The average Bonchev–Trinajstić information content (AvgIpc) is 2.81. The molecular weight excluding hydrogens is 274 g/mol. The first kappa shape index (κ1) is 15.2. The Balaban J connectivity index is 2.53. The second-order valence-corrected chi connectivity index (χ2v) is 4.59. The Morgan fingerprint density at radius 3 is 2.86 bits per heavy atom. The van der Waals surface area contributed by atoms with Gasteiger partial charge in [-0.25, -0.2) is 14.8 Å². The molecule has 0 aromatic carbocycles. The molecule has 0 bridgehead atoms. The van der Waals surface area contributed by atoms with E-state index in [0.717, 1.165) is 0 Å². The lowest BCUT2D eigenvalue weighted by molar-refractivity contribution is 0.0526. The number of furan rings is 1. The lowest BCUT2D eigenvalue weighted by Crippen LogP contribution is -2.23. The standard InChI is InChI=1S/C14H19N3O4/c1-4-9(6-18)17-12-11-10(14(19)20-5-2)8(3)21-13(11)16-7-15-12/h7,9,18H,4-6H2,1-3H3,(H,15,16,17). The number of nitrogens with one attached hydrogen (secondary N) is 1. The molecule has 0 spiro atoms. The van der Waals surface area contributed by atoms with Crippen LogP contribution in [0, 0.1) is 6.92 Å². The number of hydrogen-bond acceptors (Lipinski definition) is 7. The molecule has 0 fully saturated rings. The Kier molecular flexibility index (Phi) is 4.74. The van der Waals surface area contributed by atoms with Gasteiger partial charge in [0.25, 0.3) is 0 Å². The van der Waals surface area contributed by atoms with Crippen LogP contribution < -0.4 is 5.32 Å². The largest absolute Gasteiger partial charge is 0.462 e. The predicted molar refractivity (Wildman–Crippen MR) is 77.3 cm³/mol. The van der Waals surface area contributed by atoms with Gasteiger partial charge in [0.2, 0.25) is 5.71 Å². The zero-order chi connectivity index (χ0) is 15.4. The van der Waals surface area contributed by atoms with E-state index in [1.54, 1.807) is 13.8 Å². The van der Waals surface area contributed by atoms with Crippen molar-refractivity contribution in [2.45, 2.75) is 33.2 Å². The van der Waals surface area contributed by atoms with E-state index in [0.29, 0.717) is 34.7 Å². The van der Waals surface area contributed by atoms with Gasteiger partial charge in [0.05, 0.1) is 24.6 Å². The third-order valence-corrected chi connectivity index (χ3v) is 3.20. The fourth-order valence-electron chi connectivity index (χ4n) is 2.07. The van der Waals surface area contributed by atoms with Crippen LogP contribution >= 0.6 is 0 Å². The van der Waals surface area contributed by atoms with Crippen molar-refractivity contribution in [3.63, 3.8) is 0 Å². The number of esters is 1. The average molecular weight is 293 g/mol. The van der Waals surface area contributed by atoms with E-state index in [1.165, 1.54) is 6.33 Å². The Hall–Kier alpha value is -2.15. The summed E-state index contributed by atoms with van der Waals surface area (Å²) in [6.07, 6.45) is 2.07. The summed E-state index contributed by atoms with van der Waals surface area (Å²) in [6.45, 7) is 5.60.